The molecule has 0 N–H and O–H groups in total. The molecular formula is C25H39NO3. The standard InChI is InChI=1S/C25H39NO3/c1-6-7-8-9-15-25(16-10-19-26(25)22(27)29-23(2,3)4)24(17-18-24)20-11-13-21(28-5)14-12-20/h11-14H,6-10,15-19H2,1-5H3. The second-order valence-corrected chi connectivity index (χ2v) is 9.89. The summed E-state index contributed by atoms with van der Waals surface area (Å²) in [7, 11) is 1.71. The first-order valence-electron chi connectivity index (χ1n) is 11.4. The predicted octanol–water partition coefficient (Wildman–Crippen LogP) is 6.47. The van der Waals surface area contributed by atoms with Crippen LogP contribution in [0.15, 0.2) is 24.3 Å². The molecule has 2 aliphatic rings. The molecule has 1 unspecified atom stereocenters. The van der Waals surface area contributed by atoms with Crippen LogP contribution in [0.2, 0.25) is 0 Å². The number of carbonyl (C=O) groups excluding carboxylic acids is 1. The van der Waals surface area contributed by atoms with Crippen LogP contribution in [0, 0.1) is 0 Å². The van der Waals surface area contributed by atoms with Crippen LogP contribution in [-0.4, -0.2) is 35.8 Å². The Balaban J connectivity index is 1.93. The Labute approximate surface area is 177 Å². The van der Waals surface area contributed by atoms with E-state index in [0.29, 0.717) is 0 Å². The van der Waals surface area contributed by atoms with E-state index in [1.54, 1.807) is 7.11 Å². The van der Waals surface area contributed by atoms with E-state index in [1.807, 2.05) is 20.8 Å². The number of carbonyl (C=O) groups is 1. The Morgan fingerprint density at radius 2 is 1.76 bits per heavy atom. The number of benzene rings is 1. The first-order valence-corrected chi connectivity index (χ1v) is 11.4. The maximum atomic E-state index is 13.3. The van der Waals surface area contributed by atoms with Crippen molar-refractivity contribution >= 4 is 6.09 Å². The number of hydrogen-bond donors (Lipinski definition) is 0. The quantitative estimate of drug-likeness (QED) is 0.469. The Bertz CT molecular complexity index is 687. The molecule has 0 bridgehead atoms. The summed E-state index contributed by atoms with van der Waals surface area (Å²) in [6, 6.07) is 8.55. The van der Waals surface area contributed by atoms with Crippen LogP contribution >= 0.6 is 0 Å². The number of unbranched alkanes of at least 4 members (excludes halogenated alkanes) is 3. The highest BCUT2D eigenvalue weighted by molar-refractivity contribution is 5.71. The fourth-order valence-electron chi connectivity index (χ4n) is 5.36. The second kappa shape index (κ2) is 8.57. The third kappa shape index (κ3) is 4.41. The van der Waals surface area contributed by atoms with Gasteiger partial charge in [0.15, 0.2) is 0 Å². The van der Waals surface area contributed by atoms with E-state index in [9.17, 15) is 4.79 Å². The lowest BCUT2D eigenvalue weighted by Crippen LogP contribution is -2.56. The normalized spacial score (nSPS) is 23.1. The van der Waals surface area contributed by atoms with Gasteiger partial charge >= 0.3 is 6.09 Å². The zero-order valence-electron chi connectivity index (χ0n) is 19.1. The van der Waals surface area contributed by atoms with Gasteiger partial charge in [-0.3, -0.25) is 0 Å². The van der Waals surface area contributed by atoms with Crippen LogP contribution < -0.4 is 4.74 Å². The van der Waals surface area contributed by atoms with Gasteiger partial charge in [-0.2, -0.15) is 0 Å². The minimum absolute atomic E-state index is 0.0545. The average molecular weight is 402 g/mol. The highest BCUT2D eigenvalue weighted by Crippen LogP contribution is 2.63. The summed E-state index contributed by atoms with van der Waals surface area (Å²) in [4.78, 5) is 15.4. The van der Waals surface area contributed by atoms with Crippen LogP contribution in [0.25, 0.3) is 0 Å². The van der Waals surface area contributed by atoms with E-state index in [0.717, 1.165) is 44.4 Å². The predicted molar refractivity (Wildman–Crippen MR) is 118 cm³/mol. The lowest BCUT2D eigenvalue weighted by molar-refractivity contribution is -0.00319. The Morgan fingerprint density at radius 1 is 1.07 bits per heavy atom. The lowest BCUT2D eigenvalue weighted by atomic mass is 9.71. The van der Waals surface area contributed by atoms with Crippen LogP contribution in [0.5, 0.6) is 5.75 Å². The van der Waals surface area contributed by atoms with Crippen LogP contribution in [0.3, 0.4) is 0 Å². The Hall–Kier alpha value is -1.71. The van der Waals surface area contributed by atoms with Crippen molar-refractivity contribution in [2.45, 2.75) is 102 Å². The van der Waals surface area contributed by atoms with Crippen molar-refractivity contribution in [3.63, 3.8) is 0 Å². The number of ether oxygens (including phenoxy) is 2. The summed E-state index contributed by atoms with van der Waals surface area (Å²) in [5.74, 6) is 0.886. The molecular weight excluding hydrogens is 362 g/mol. The molecule has 1 aliphatic heterocycles. The van der Waals surface area contributed by atoms with Crippen LogP contribution in [-0.2, 0) is 10.2 Å². The summed E-state index contributed by atoms with van der Waals surface area (Å²) >= 11 is 0. The van der Waals surface area contributed by atoms with Crippen LogP contribution in [0.4, 0.5) is 4.79 Å². The molecule has 4 heteroatoms. The molecule has 1 aliphatic carbocycles. The Morgan fingerprint density at radius 3 is 2.31 bits per heavy atom. The SMILES string of the molecule is CCCCCCC1(C2(c3ccc(OC)cc3)CC2)CCCN1C(=O)OC(C)(C)C. The van der Waals surface area contributed by atoms with E-state index < -0.39 is 5.60 Å². The molecule has 1 aromatic rings. The molecule has 0 spiro atoms. The van der Waals surface area contributed by atoms with Crippen molar-refractivity contribution in [1.29, 1.82) is 0 Å². The smallest absolute Gasteiger partial charge is 0.410 e. The van der Waals surface area contributed by atoms with Gasteiger partial charge in [0.1, 0.15) is 11.4 Å². The van der Waals surface area contributed by atoms with Crippen molar-refractivity contribution in [2.24, 2.45) is 0 Å². The molecule has 29 heavy (non-hydrogen) atoms. The van der Waals surface area contributed by atoms with Gasteiger partial charge in [-0.05, 0) is 70.6 Å². The fraction of sp³-hybridized carbons (Fsp3) is 0.720. The van der Waals surface area contributed by atoms with E-state index in [4.69, 9.17) is 9.47 Å². The third-order valence-electron chi connectivity index (χ3n) is 6.83. The molecule has 2 fully saturated rings. The summed E-state index contributed by atoms with van der Waals surface area (Å²) in [5.41, 5.74) is 0.810. The molecule has 1 saturated carbocycles. The number of hydrogen-bond acceptors (Lipinski definition) is 3. The van der Waals surface area contributed by atoms with Crippen molar-refractivity contribution in [2.75, 3.05) is 13.7 Å². The number of rotatable bonds is 8. The summed E-state index contributed by atoms with van der Waals surface area (Å²) in [5, 5.41) is 0. The largest absolute Gasteiger partial charge is 0.497 e. The highest BCUT2D eigenvalue weighted by Gasteiger charge is 2.64. The van der Waals surface area contributed by atoms with E-state index in [2.05, 4.69) is 36.1 Å². The first-order chi connectivity index (χ1) is 13.8. The van der Waals surface area contributed by atoms with E-state index >= 15 is 0 Å². The molecule has 0 radical (unpaired) electrons. The summed E-state index contributed by atoms with van der Waals surface area (Å²) < 4.78 is 11.2. The minimum Gasteiger partial charge on any atom is -0.497 e. The van der Waals surface area contributed by atoms with Gasteiger partial charge in [-0.25, -0.2) is 4.79 Å². The number of amides is 1. The van der Waals surface area contributed by atoms with Crippen molar-refractivity contribution < 1.29 is 14.3 Å². The van der Waals surface area contributed by atoms with Gasteiger partial charge < -0.3 is 14.4 Å². The fourth-order valence-corrected chi connectivity index (χ4v) is 5.36. The molecule has 3 rings (SSSR count). The van der Waals surface area contributed by atoms with Gasteiger partial charge in [0.2, 0.25) is 0 Å². The highest BCUT2D eigenvalue weighted by atomic mass is 16.6. The average Bonchev–Trinajstić information content (AvgIpc) is 3.38. The van der Waals surface area contributed by atoms with Crippen molar-refractivity contribution in [3.05, 3.63) is 29.8 Å². The maximum absolute atomic E-state index is 13.3. The topological polar surface area (TPSA) is 38.8 Å². The molecule has 1 saturated heterocycles. The first kappa shape index (κ1) is 22.0. The number of methoxy groups -OCH3 is 1. The molecule has 4 nitrogen and oxygen atoms in total. The molecule has 1 heterocycles. The van der Waals surface area contributed by atoms with Crippen LogP contribution in [0.1, 0.15) is 91.0 Å². The number of nitrogens with zero attached hydrogens (tertiary/aromatic N) is 1. The van der Waals surface area contributed by atoms with E-state index in [1.165, 1.54) is 31.2 Å². The van der Waals surface area contributed by atoms with Gasteiger partial charge in [0, 0.05) is 12.0 Å². The second-order valence-electron chi connectivity index (χ2n) is 9.89. The molecule has 1 atom stereocenters. The molecule has 162 valence electrons. The molecule has 0 aromatic heterocycles. The third-order valence-corrected chi connectivity index (χ3v) is 6.83. The van der Waals surface area contributed by atoms with E-state index in [-0.39, 0.29) is 17.0 Å². The van der Waals surface area contributed by atoms with Gasteiger partial charge in [0.25, 0.3) is 0 Å². The van der Waals surface area contributed by atoms with Crippen molar-refractivity contribution in [3.8, 4) is 5.75 Å². The monoisotopic (exact) mass is 401 g/mol. The van der Waals surface area contributed by atoms with Gasteiger partial charge in [-0.15, -0.1) is 0 Å². The van der Waals surface area contributed by atoms with Crippen molar-refractivity contribution in [1.82, 2.24) is 4.90 Å². The summed E-state index contributed by atoms with van der Waals surface area (Å²) in [6.07, 6.45) is 10.3. The minimum atomic E-state index is -0.468. The van der Waals surface area contributed by atoms with Gasteiger partial charge in [-0.1, -0.05) is 44.7 Å². The Kier molecular flexibility index (Phi) is 6.50. The number of likely N-dealkylation sites (tertiary alicyclic amines) is 1. The van der Waals surface area contributed by atoms with Gasteiger partial charge in [0.05, 0.1) is 12.6 Å². The lowest BCUT2D eigenvalue weighted by Gasteiger charge is -2.46. The zero-order chi connectivity index (χ0) is 21.1. The zero-order valence-corrected chi connectivity index (χ0v) is 19.1. The maximum Gasteiger partial charge on any atom is 0.410 e. The molecule has 1 aromatic carbocycles. The molecule has 1 amide bonds. The summed E-state index contributed by atoms with van der Waals surface area (Å²) in [6.45, 7) is 8.93.